The van der Waals surface area contributed by atoms with Gasteiger partial charge in [-0.15, -0.1) is 0 Å². The van der Waals surface area contributed by atoms with Crippen molar-refractivity contribution in [2.45, 2.75) is 102 Å². The van der Waals surface area contributed by atoms with Crippen LogP contribution in [0.15, 0.2) is 28.4 Å². The fourth-order valence-corrected chi connectivity index (χ4v) is 6.96. The van der Waals surface area contributed by atoms with E-state index in [1.165, 1.54) is 5.57 Å². The highest BCUT2D eigenvalue weighted by molar-refractivity contribution is 5.89. The Morgan fingerprint density at radius 1 is 1.18 bits per heavy atom. The van der Waals surface area contributed by atoms with Crippen LogP contribution >= 0.6 is 0 Å². The summed E-state index contributed by atoms with van der Waals surface area (Å²) in [6.45, 7) is 5.83. The number of carbonyl (C=O) groups excluding carboxylic acids is 1. The molecule has 7 heteroatoms. The first kappa shape index (κ1) is 23.2. The Hall–Kier alpha value is -1.51. The van der Waals surface area contributed by atoms with Crippen LogP contribution < -0.4 is 0 Å². The highest BCUT2D eigenvalue weighted by Gasteiger charge is 2.54. The zero-order chi connectivity index (χ0) is 23.5. The van der Waals surface area contributed by atoms with E-state index in [4.69, 9.17) is 13.9 Å². The van der Waals surface area contributed by atoms with Crippen LogP contribution in [0.3, 0.4) is 0 Å². The number of hydrogen-bond donors (Lipinski definition) is 3. The van der Waals surface area contributed by atoms with Gasteiger partial charge in [0.1, 0.15) is 17.6 Å². The van der Waals surface area contributed by atoms with Crippen molar-refractivity contribution in [2.24, 2.45) is 17.3 Å². The molecular weight excluding hydrogens is 424 g/mol. The van der Waals surface area contributed by atoms with Gasteiger partial charge in [0.05, 0.1) is 30.7 Å². The fourth-order valence-electron chi connectivity index (χ4n) is 6.96. The number of rotatable bonds is 3. The largest absolute Gasteiger partial charge is 0.469 e. The molecule has 1 aromatic rings. The summed E-state index contributed by atoms with van der Waals surface area (Å²) >= 11 is 0. The molecule has 5 rings (SSSR count). The Balaban J connectivity index is 1.31. The highest BCUT2D eigenvalue weighted by atomic mass is 16.7. The molecule has 0 bridgehead atoms. The number of furan rings is 1. The standard InChI is InChI=1S/C26H36O7/c1-13-16(8-9-31-13)17-6-7-19-18(25(17)30)5-4-15-10-22(21(28)12-26(15,19)3)33-23-11-20(27)24(29)14(2)32-23/h4,8-9,14,17-24,27-29H,5-7,10-12H2,1-3H3/t14-,17-,18-,19+,20+,21-,22-,23+,24-,26+/m1/s1. The minimum atomic E-state index is -0.930. The minimum Gasteiger partial charge on any atom is -0.469 e. The molecule has 3 N–H and O–H groups in total. The van der Waals surface area contributed by atoms with E-state index in [2.05, 4.69) is 13.0 Å². The lowest BCUT2D eigenvalue weighted by Gasteiger charge is -2.54. The van der Waals surface area contributed by atoms with E-state index in [0.717, 1.165) is 30.6 Å². The third kappa shape index (κ3) is 3.92. The van der Waals surface area contributed by atoms with Crippen LogP contribution in [0.1, 0.15) is 69.6 Å². The van der Waals surface area contributed by atoms with E-state index in [0.29, 0.717) is 18.6 Å². The van der Waals surface area contributed by atoms with Crippen molar-refractivity contribution in [3.8, 4) is 0 Å². The van der Waals surface area contributed by atoms with Crippen molar-refractivity contribution in [1.82, 2.24) is 0 Å². The van der Waals surface area contributed by atoms with Gasteiger partial charge < -0.3 is 29.2 Å². The number of allylic oxidation sites excluding steroid dienone is 1. The molecule has 2 heterocycles. The van der Waals surface area contributed by atoms with Gasteiger partial charge in [-0.3, -0.25) is 4.79 Å². The second-order valence-electron chi connectivity index (χ2n) is 10.8. The van der Waals surface area contributed by atoms with Gasteiger partial charge in [0, 0.05) is 23.8 Å². The molecule has 2 saturated carbocycles. The lowest BCUT2D eigenvalue weighted by Crippen LogP contribution is -2.54. The first-order valence-corrected chi connectivity index (χ1v) is 12.3. The molecule has 1 aliphatic heterocycles. The summed E-state index contributed by atoms with van der Waals surface area (Å²) in [5.41, 5.74) is 2.05. The van der Waals surface area contributed by atoms with E-state index >= 15 is 0 Å². The van der Waals surface area contributed by atoms with E-state index < -0.39 is 36.8 Å². The maximum absolute atomic E-state index is 13.5. The molecule has 0 radical (unpaired) electrons. The Morgan fingerprint density at radius 2 is 1.97 bits per heavy atom. The normalized spacial score (nSPS) is 45.8. The summed E-state index contributed by atoms with van der Waals surface area (Å²) in [6, 6.07) is 1.93. The van der Waals surface area contributed by atoms with Crippen molar-refractivity contribution < 1.29 is 34.0 Å². The molecule has 3 aliphatic carbocycles. The van der Waals surface area contributed by atoms with E-state index in [1.807, 2.05) is 13.0 Å². The first-order chi connectivity index (χ1) is 15.7. The summed E-state index contributed by atoms with van der Waals surface area (Å²) in [7, 11) is 0. The Bertz CT molecular complexity index is 909. The van der Waals surface area contributed by atoms with Gasteiger partial charge in [-0.2, -0.15) is 0 Å². The highest BCUT2D eigenvalue weighted by Crippen LogP contribution is 2.58. The van der Waals surface area contributed by atoms with Crippen LogP contribution in [-0.4, -0.2) is 57.9 Å². The number of hydrogen-bond acceptors (Lipinski definition) is 7. The Morgan fingerprint density at radius 3 is 2.67 bits per heavy atom. The van der Waals surface area contributed by atoms with Crippen LogP contribution in [0, 0.1) is 24.2 Å². The molecule has 3 fully saturated rings. The van der Waals surface area contributed by atoms with E-state index in [-0.39, 0.29) is 29.6 Å². The van der Waals surface area contributed by atoms with Crippen LogP contribution in [0.25, 0.3) is 0 Å². The van der Waals surface area contributed by atoms with E-state index in [1.54, 1.807) is 13.2 Å². The average molecular weight is 461 g/mol. The van der Waals surface area contributed by atoms with Gasteiger partial charge in [-0.05, 0) is 63.4 Å². The molecular formula is C26H36O7. The number of ether oxygens (including phenoxy) is 2. The van der Waals surface area contributed by atoms with Gasteiger partial charge >= 0.3 is 0 Å². The summed E-state index contributed by atoms with van der Waals surface area (Å²) in [6.07, 6.45) is 3.54. The molecule has 7 nitrogen and oxygen atoms in total. The summed E-state index contributed by atoms with van der Waals surface area (Å²) < 4.78 is 17.3. The molecule has 4 aliphatic rings. The van der Waals surface area contributed by atoms with Crippen molar-refractivity contribution in [1.29, 1.82) is 0 Å². The third-order valence-electron chi connectivity index (χ3n) is 8.89. The minimum absolute atomic E-state index is 0.0318. The number of aliphatic hydroxyl groups excluding tert-OH is 3. The van der Waals surface area contributed by atoms with Gasteiger partial charge in [0.2, 0.25) is 0 Å². The number of aliphatic hydroxyl groups is 3. The average Bonchev–Trinajstić information content (AvgIpc) is 3.18. The maximum Gasteiger partial charge on any atom is 0.161 e. The van der Waals surface area contributed by atoms with E-state index in [9.17, 15) is 20.1 Å². The molecule has 1 saturated heterocycles. The van der Waals surface area contributed by atoms with Crippen molar-refractivity contribution in [3.63, 3.8) is 0 Å². The molecule has 33 heavy (non-hydrogen) atoms. The quantitative estimate of drug-likeness (QED) is 0.595. The molecule has 182 valence electrons. The first-order valence-electron chi connectivity index (χ1n) is 12.3. The third-order valence-corrected chi connectivity index (χ3v) is 8.89. The fraction of sp³-hybridized carbons (Fsp3) is 0.731. The molecule has 1 aromatic heterocycles. The van der Waals surface area contributed by atoms with Gasteiger partial charge in [-0.1, -0.05) is 18.6 Å². The molecule has 0 amide bonds. The summed E-state index contributed by atoms with van der Waals surface area (Å²) in [5.74, 6) is 1.22. The number of fused-ring (bicyclic) bond motifs is 3. The lowest BCUT2D eigenvalue weighted by molar-refractivity contribution is -0.272. The molecule has 0 unspecified atom stereocenters. The van der Waals surface area contributed by atoms with Crippen molar-refractivity contribution in [3.05, 3.63) is 35.3 Å². The maximum atomic E-state index is 13.5. The number of Topliss-reactive ketones (excluding diaryl/α,β-unsaturated/α-hetero) is 1. The van der Waals surface area contributed by atoms with Crippen LogP contribution in [0.2, 0.25) is 0 Å². The zero-order valence-electron chi connectivity index (χ0n) is 19.6. The molecule has 10 atom stereocenters. The number of aryl methyl sites for hydroxylation is 1. The van der Waals surface area contributed by atoms with Crippen molar-refractivity contribution >= 4 is 5.78 Å². The monoisotopic (exact) mass is 460 g/mol. The number of ketones is 1. The van der Waals surface area contributed by atoms with Crippen LogP contribution in [-0.2, 0) is 14.3 Å². The topological polar surface area (TPSA) is 109 Å². The second kappa shape index (κ2) is 8.61. The van der Waals surface area contributed by atoms with Gasteiger partial charge in [-0.25, -0.2) is 0 Å². The van der Waals surface area contributed by atoms with Gasteiger partial charge in [0.25, 0.3) is 0 Å². The lowest BCUT2D eigenvalue weighted by atomic mass is 9.51. The smallest absolute Gasteiger partial charge is 0.161 e. The predicted molar refractivity (Wildman–Crippen MR) is 119 cm³/mol. The zero-order valence-corrected chi connectivity index (χ0v) is 19.6. The van der Waals surface area contributed by atoms with Gasteiger partial charge in [0.15, 0.2) is 6.29 Å². The van der Waals surface area contributed by atoms with Crippen LogP contribution in [0.4, 0.5) is 0 Å². The summed E-state index contributed by atoms with van der Waals surface area (Å²) in [4.78, 5) is 13.5. The Labute approximate surface area is 194 Å². The second-order valence-corrected chi connectivity index (χ2v) is 10.8. The molecule has 0 spiro atoms. The predicted octanol–water partition coefficient (Wildman–Crippen LogP) is 3.00. The Kier molecular flexibility index (Phi) is 6.07. The van der Waals surface area contributed by atoms with Crippen molar-refractivity contribution in [2.75, 3.05) is 0 Å². The SMILES string of the molecule is Cc1occc1[C@H]1CC[C@H]2[C@@H](CC=C3C[C@@H](O[C@H]4C[C@H](O)[C@H](O)[C@@H](C)O4)[C@H](O)C[C@@]32C)C1=O. The molecule has 0 aromatic carbocycles. The summed E-state index contributed by atoms with van der Waals surface area (Å²) in [5, 5.41) is 31.1. The van der Waals surface area contributed by atoms with Crippen LogP contribution in [0.5, 0.6) is 0 Å². The number of carbonyl (C=O) groups is 1.